The van der Waals surface area contributed by atoms with Gasteiger partial charge < -0.3 is 10.2 Å². The van der Waals surface area contributed by atoms with Crippen LogP contribution in [0.3, 0.4) is 0 Å². The van der Waals surface area contributed by atoms with Crippen molar-refractivity contribution in [2.75, 3.05) is 13.1 Å². The number of piperidine rings is 3. The Kier molecular flexibility index (Phi) is 6.05. The molecule has 1 aromatic heterocycles. The van der Waals surface area contributed by atoms with E-state index < -0.39 is 0 Å². The number of quaternary nitrogens is 1. The van der Waals surface area contributed by atoms with E-state index in [0.717, 1.165) is 43.6 Å². The van der Waals surface area contributed by atoms with E-state index in [2.05, 4.69) is 40.9 Å². The number of nitrogens with one attached hydrogen (secondary N) is 2. The van der Waals surface area contributed by atoms with E-state index in [9.17, 15) is 4.79 Å². The first-order valence-electron chi connectivity index (χ1n) is 10.8. The summed E-state index contributed by atoms with van der Waals surface area (Å²) in [7, 11) is 0. The third kappa shape index (κ3) is 4.43. The van der Waals surface area contributed by atoms with Crippen molar-refractivity contribution in [3.8, 4) is 0 Å². The second-order valence-corrected chi connectivity index (χ2v) is 8.44. The molecular formula is C22H32N5O+. The van der Waals surface area contributed by atoms with Crippen molar-refractivity contribution < 1.29 is 9.69 Å². The van der Waals surface area contributed by atoms with Crippen molar-refractivity contribution in [2.45, 2.75) is 58.2 Å². The summed E-state index contributed by atoms with van der Waals surface area (Å²) in [5.74, 6) is 0.882. The fourth-order valence-electron chi connectivity index (χ4n) is 4.86. The van der Waals surface area contributed by atoms with Crippen molar-refractivity contribution in [2.24, 2.45) is 11.8 Å². The molecule has 3 fully saturated rings. The molecule has 6 nitrogen and oxygen atoms in total. The second-order valence-electron chi connectivity index (χ2n) is 8.44. The highest BCUT2D eigenvalue weighted by Crippen LogP contribution is 2.27. The lowest BCUT2D eigenvalue weighted by molar-refractivity contribution is -0.945. The molecule has 2 aromatic rings. The Morgan fingerprint density at radius 1 is 1.32 bits per heavy atom. The van der Waals surface area contributed by atoms with Gasteiger partial charge in [0.1, 0.15) is 6.04 Å². The number of carbonyl (C=O) groups is 1. The van der Waals surface area contributed by atoms with Crippen LogP contribution in [0.1, 0.15) is 43.9 Å². The van der Waals surface area contributed by atoms with Crippen molar-refractivity contribution in [1.29, 1.82) is 0 Å². The van der Waals surface area contributed by atoms with Gasteiger partial charge in [-0.25, -0.2) is 4.68 Å². The summed E-state index contributed by atoms with van der Waals surface area (Å²) < 4.78 is 2.02. The number of amides is 1. The molecule has 4 atom stereocenters. The van der Waals surface area contributed by atoms with Gasteiger partial charge in [0.05, 0.1) is 31.2 Å². The molecule has 150 valence electrons. The van der Waals surface area contributed by atoms with Gasteiger partial charge in [-0.2, -0.15) is 0 Å². The number of nitrogens with zero attached hydrogens (tertiary/aromatic N) is 3. The lowest BCUT2D eigenvalue weighted by atomic mass is 9.75. The Morgan fingerprint density at radius 2 is 2.18 bits per heavy atom. The predicted octanol–water partition coefficient (Wildman–Crippen LogP) is 1.23. The third-order valence-corrected chi connectivity index (χ3v) is 6.48. The van der Waals surface area contributed by atoms with Crippen LogP contribution in [0.5, 0.6) is 0 Å². The molecule has 3 aliphatic rings. The third-order valence-electron chi connectivity index (χ3n) is 6.48. The van der Waals surface area contributed by atoms with Gasteiger partial charge in [0, 0.05) is 25.6 Å². The number of hydrogen-bond acceptors (Lipinski definition) is 3. The highest BCUT2D eigenvalue weighted by Gasteiger charge is 2.46. The molecule has 0 spiro atoms. The SMILES string of the molecule is CCCCc1cn(C[C@H]2C[C@H]3CC[NH+]2C[C@@H]3C(=O)NCc2ccccc2)nn1. The van der Waals surface area contributed by atoms with Crippen LogP contribution in [0.4, 0.5) is 0 Å². The first-order chi connectivity index (χ1) is 13.7. The molecule has 0 aliphatic carbocycles. The number of hydrogen-bond donors (Lipinski definition) is 2. The number of aryl methyl sites for hydroxylation is 1. The highest BCUT2D eigenvalue weighted by atomic mass is 16.1. The van der Waals surface area contributed by atoms with Gasteiger partial charge in [0.25, 0.3) is 0 Å². The standard InChI is InChI=1S/C22H31N5O/c1-2-3-9-19-14-27(25-24-19)15-20-12-18-10-11-26(20)16-21(18)22(28)23-13-17-7-5-4-6-8-17/h4-8,14,18,20-21H,2-3,9-13,15-16H2,1H3,(H,23,28)/p+1/t18-,20-,21+/m1/s1. The molecule has 5 rings (SSSR count). The van der Waals surface area contributed by atoms with Crippen LogP contribution in [0, 0.1) is 11.8 Å². The number of benzene rings is 1. The largest absolute Gasteiger partial charge is 0.352 e. The summed E-state index contributed by atoms with van der Waals surface area (Å²) in [5, 5.41) is 11.8. The minimum Gasteiger partial charge on any atom is -0.352 e. The molecule has 3 aliphatic heterocycles. The van der Waals surface area contributed by atoms with Gasteiger partial charge in [-0.1, -0.05) is 48.9 Å². The molecule has 2 N–H and O–H groups in total. The first-order valence-corrected chi connectivity index (χ1v) is 10.8. The van der Waals surface area contributed by atoms with Crippen LogP contribution >= 0.6 is 0 Å². The summed E-state index contributed by atoms with van der Waals surface area (Å²) in [4.78, 5) is 14.3. The maximum atomic E-state index is 12.8. The molecule has 4 heterocycles. The Labute approximate surface area is 167 Å². The Balaban J connectivity index is 1.30. The van der Waals surface area contributed by atoms with Gasteiger partial charge in [-0.3, -0.25) is 4.79 Å². The van der Waals surface area contributed by atoms with Gasteiger partial charge in [-0.05, 0) is 24.3 Å². The van der Waals surface area contributed by atoms with E-state index in [-0.39, 0.29) is 11.8 Å². The van der Waals surface area contributed by atoms with Gasteiger partial charge in [0.2, 0.25) is 5.91 Å². The normalized spacial score (nSPS) is 26.3. The zero-order valence-corrected chi connectivity index (χ0v) is 16.8. The zero-order valence-electron chi connectivity index (χ0n) is 16.8. The predicted molar refractivity (Wildman–Crippen MR) is 108 cm³/mol. The number of unbranched alkanes of at least 4 members (excludes halogenated alkanes) is 1. The van der Waals surface area contributed by atoms with E-state index in [4.69, 9.17) is 0 Å². The average Bonchev–Trinajstić information content (AvgIpc) is 3.19. The molecule has 1 unspecified atom stereocenters. The lowest BCUT2D eigenvalue weighted by Gasteiger charge is -2.46. The molecule has 6 heteroatoms. The number of rotatable bonds is 8. The fraction of sp³-hybridized carbons (Fsp3) is 0.591. The number of aromatic nitrogens is 3. The molecule has 2 bridgehead atoms. The van der Waals surface area contributed by atoms with Crippen molar-refractivity contribution >= 4 is 5.91 Å². The van der Waals surface area contributed by atoms with Gasteiger partial charge in [0.15, 0.2) is 0 Å². The summed E-state index contributed by atoms with van der Waals surface area (Å²) >= 11 is 0. The Morgan fingerprint density at radius 3 is 2.93 bits per heavy atom. The maximum Gasteiger partial charge on any atom is 0.229 e. The average molecular weight is 383 g/mol. The van der Waals surface area contributed by atoms with Crippen LogP contribution in [-0.2, 0) is 24.3 Å². The Bertz CT molecular complexity index is 774. The summed E-state index contributed by atoms with van der Waals surface area (Å²) in [5.41, 5.74) is 2.26. The molecule has 0 saturated carbocycles. The maximum absolute atomic E-state index is 12.8. The minimum absolute atomic E-state index is 0.152. The minimum atomic E-state index is 0.152. The van der Waals surface area contributed by atoms with Crippen LogP contribution < -0.4 is 10.2 Å². The van der Waals surface area contributed by atoms with Crippen molar-refractivity contribution in [3.63, 3.8) is 0 Å². The van der Waals surface area contributed by atoms with Crippen LogP contribution in [-0.4, -0.2) is 40.0 Å². The Hall–Kier alpha value is -2.21. The second kappa shape index (κ2) is 8.86. The van der Waals surface area contributed by atoms with Crippen molar-refractivity contribution in [3.05, 3.63) is 47.8 Å². The molecule has 3 saturated heterocycles. The lowest BCUT2D eigenvalue weighted by Crippen LogP contribution is -3.20. The molecule has 1 amide bonds. The molecule has 28 heavy (non-hydrogen) atoms. The van der Waals surface area contributed by atoms with Crippen LogP contribution in [0.25, 0.3) is 0 Å². The quantitative estimate of drug-likeness (QED) is 0.722. The molecular weight excluding hydrogens is 350 g/mol. The van der Waals surface area contributed by atoms with Crippen LogP contribution in [0.2, 0.25) is 0 Å². The smallest absolute Gasteiger partial charge is 0.229 e. The summed E-state index contributed by atoms with van der Waals surface area (Å²) in [6.45, 7) is 5.87. The highest BCUT2D eigenvalue weighted by molar-refractivity contribution is 5.79. The fourth-order valence-corrected chi connectivity index (χ4v) is 4.86. The van der Waals surface area contributed by atoms with E-state index in [1.807, 2.05) is 22.9 Å². The van der Waals surface area contributed by atoms with E-state index in [0.29, 0.717) is 18.5 Å². The number of fused-ring (bicyclic) bond motifs is 3. The number of carbonyl (C=O) groups excluding carboxylic acids is 1. The van der Waals surface area contributed by atoms with Gasteiger partial charge in [-0.15, -0.1) is 5.10 Å². The molecule has 0 radical (unpaired) electrons. The summed E-state index contributed by atoms with van der Waals surface area (Å²) in [6, 6.07) is 10.7. The van der Waals surface area contributed by atoms with E-state index in [1.54, 1.807) is 4.90 Å². The van der Waals surface area contributed by atoms with E-state index in [1.165, 1.54) is 19.4 Å². The molecule has 1 aromatic carbocycles. The van der Waals surface area contributed by atoms with E-state index >= 15 is 0 Å². The topological polar surface area (TPSA) is 64.2 Å². The first kappa shape index (κ1) is 19.1. The summed E-state index contributed by atoms with van der Waals surface area (Å²) in [6.07, 6.45) is 7.76. The van der Waals surface area contributed by atoms with Crippen LogP contribution in [0.15, 0.2) is 36.5 Å². The monoisotopic (exact) mass is 382 g/mol. The zero-order chi connectivity index (χ0) is 19.3. The van der Waals surface area contributed by atoms with Crippen molar-refractivity contribution in [1.82, 2.24) is 20.3 Å². The van der Waals surface area contributed by atoms with Gasteiger partial charge >= 0.3 is 0 Å².